The molecule has 0 bridgehead atoms. The van der Waals surface area contributed by atoms with Gasteiger partial charge in [0.15, 0.2) is 0 Å². The molecule has 2 nitrogen and oxygen atoms in total. The molecule has 0 unspecified atom stereocenters. The van der Waals surface area contributed by atoms with Crippen molar-refractivity contribution in [2.24, 2.45) is 0 Å². The molecule has 1 amide bonds. The SMILES string of the molecule is Cc1cc(C)c(C(=O)N2c3ccccc3C=Cc3ccccc32)c(C)c1. The van der Waals surface area contributed by atoms with E-state index in [4.69, 9.17) is 0 Å². The van der Waals surface area contributed by atoms with Crippen molar-refractivity contribution < 1.29 is 4.79 Å². The Labute approximate surface area is 154 Å². The van der Waals surface area contributed by atoms with Crippen molar-refractivity contribution in [2.45, 2.75) is 20.8 Å². The molecule has 0 N–H and O–H groups in total. The van der Waals surface area contributed by atoms with Crippen LogP contribution in [0.2, 0.25) is 0 Å². The molecule has 3 aromatic carbocycles. The molecular weight excluding hydrogens is 318 g/mol. The fourth-order valence-electron chi connectivity index (χ4n) is 3.82. The number of hydrogen-bond acceptors (Lipinski definition) is 1. The summed E-state index contributed by atoms with van der Waals surface area (Å²) in [5.74, 6) is 0.0172. The van der Waals surface area contributed by atoms with Crippen LogP contribution in [0, 0.1) is 20.8 Å². The Kier molecular flexibility index (Phi) is 3.96. The maximum atomic E-state index is 13.7. The molecule has 0 saturated carbocycles. The Morgan fingerprint density at radius 1 is 0.731 bits per heavy atom. The lowest BCUT2D eigenvalue weighted by atomic mass is 9.98. The molecule has 0 fully saturated rings. The summed E-state index contributed by atoms with van der Waals surface area (Å²) in [7, 11) is 0. The van der Waals surface area contributed by atoms with Gasteiger partial charge >= 0.3 is 0 Å². The van der Waals surface area contributed by atoms with Crippen LogP contribution in [0.5, 0.6) is 0 Å². The van der Waals surface area contributed by atoms with Gasteiger partial charge in [0.1, 0.15) is 0 Å². The summed E-state index contributed by atoms with van der Waals surface area (Å²) < 4.78 is 0. The third kappa shape index (κ3) is 2.64. The van der Waals surface area contributed by atoms with Gasteiger partial charge in [0, 0.05) is 5.56 Å². The molecule has 0 saturated heterocycles. The highest BCUT2D eigenvalue weighted by Gasteiger charge is 2.26. The van der Waals surface area contributed by atoms with E-state index in [0.29, 0.717) is 0 Å². The minimum absolute atomic E-state index is 0.0172. The van der Waals surface area contributed by atoms with Crippen molar-refractivity contribution in [3.63, 3.8) is 0 Å². The first-order valence-corrected chi connectivity index (χ1v) is 8.85. The zero-order valence-electron chi connectivity index (χ0n) is 15.3. The monoisotopic (exact) mass is 339 g/mol. The molecule has 128 valence electrons. The van der Waals surface area contributed by atoms with E-state index >= 15 is 0 Å². The molecule has 1 heterocycles. The van der Waals surface area contributed by atoms with Crippen LogP contribution in [-0.4, -0.2) is 5.91 Å². The first kappa shape index (κ1) is 16.3. The van der Waals surface area contributed by atoms with Gasteiger partial charge in [0.2, 0.25) is 0 Å². The quantitative estimate of drug-likeness (QED) is 0.526. The van der Waals surface area contributed by atoms with Gasteiger partial charge in [0.05, 0.1) is 11.4 Å². The third-order valence-electron chi connectivity index (χ3n) is 4.89. The first-order valence-electron chi connectivity index (χ1n) is 8.85. The highest BCUT2D eigenvalue weighted by Crippen LogP contribution is 2.38. The van der Waals surface area contributed by atoms with Crippen LogP contribution >= 0.6 is 0 Å². The van der Waals surface area contributed by atoms with Crippen molar-refractivity contribution >= 4 is 29.4 Å². The van der Waals surface area contributed by atoms with Gasteiger partial charge in [-0.1, -0.05) is 66.2 Å². The zero-order chi connectivity index (χ0) is 18.3. The van der Waals surface area contributed by atoms with Gasteiger partial charge in [-0.2, -0.15) is 0 Å². The first-order chi connectivity index (χ1) is 12.6. The molecule has 0 aliphatic carbocycles. The minimum Gasteiger partial charge on any atom is -0.276 e. The van der Waals surface area contributed by atoms with E-state index in [2.05, 4.69) is 31.2 Å². The van der Waals surface area contributed by atoms with Gasteiger partial charge in [0.25, 0.3) is 5.91 Å². The molecule has 26 heavy (non-hydrogen) atoms. The van der Waals surface area contributed by atoms with Crippen LogP contribution in [0.15, 0.2) is 60.7 Å². The number of amides is 1. The van der Waals surface area contributed by atoms with Crippen LogP contribution in [-0.2, 0) is 0 Å². The summed E-state index contributed by atoms with van der Waals surface area (Å²) >= 11 is 0. The van der Waals surface area contributed by atoms with Crippen LogP contribution in [0.3, 0.4) is 0 Å². The van der Waals surface area contributed by atoms with E-state index in [0.717, 1.165) is 39.2 Å². The van der Waals surface area contributed by atoms with Crippen LogP contribution < -0.4 is 4.90 Å². The molecule has 1 aliphatic heterocycles. The third-order valence-corrected chi connectivity index (χ3v) is 4.89. The Morgan fingerprint density at radius 2 is 1.19 bits per heavy atom. The van der Waals surface area contributed by atoms with Gasteiger partial charge in [-0.25, -0.2) is 0 Å². The maximum absolute atomic E-state index is 13.7. The van der Waals surface area contributed by atoms with Crippen LogP contribution in [0.25, 0.3) is 12.2 Å². The number of hydrogen-bond donors (Lipinski definition) is 0. The van der Waals surface area contributed by atoms with Gasteiger partial charge < -0.3 is 0 Å². The van der Waals surface area contributed by atoms with E-state index < -0.39 is 0 Å². The normalized spacial score (nSPS) is 12.3. The number of nitrogens with zero attached hydrogens (tertiary/aromatic N) is 1. The van der Waals surface area contributed by atoms with Crippen molar-refractivity contribution in [3.05, 3.63) is 94.0 Å². The van der Waals surface area contributed by atoms with E-state index in [9.17, 15) is 4.79 Å². The zero-order valence-corrected chi connectivity index (χ0v) is 15.3. The number of carbonyl (C=O) groups excluding carboxylic acids is 1. The lowest BCUT2D eigenvalue weighted by Crippen LogP contribution is -2.28. The molecule has 0 atom stereocenters. The number of rotatable bonds is 1. The molecule has 1 aliphatic rings. The average Bonchev–Trinajstić information content (AvgIpc) is 2.77. The van der Waals surface area contributed by atoms with Crippen molar-refractivity contribution in [1.82, 2.24) is 0 Å². The van der Waals surface area contributed by atoms with E-state index in [-0.39, 0.29) is 5.91 Å². The topological polar surface area (TPSA) is 20.3 Å². The Hall–Kier alpha value is -3.13. The van der Waals surface area contributed by atoms with Gasteiger partial charge in [-0.05, 0) is 55.2 Å². The molecular formula is C24H21NO. The summed E-state index contributed by atoms with van der Waals surface area (Å²) in [6.07, 6.45) is 4.16. The summed E-state index contributed by atoms with van der Waals surface area (Å²) in [6.45, 7) is 6.09. The summed E-state index contributed by atoms with van der Waals surface area (Å²) in [4.78, 5) is 15.6. The molecule has 0 spiro atoms. The number of para-hydroxylation sites is 2. The van der Waals surface area contributed by atoms with Crippen molar-refractivity contribution in [1.29, 1.82) is 0 Å². The predicted octanol–water partition coefficient (Wildman–Crippen LogP) is 6.07. The Balaban J connectivity index is 1.97. The van der Waals surface area contributed by atoms with E-state index in [1.165, 1.54) is 5.56 Å². The molecule has 0 radical (unpaired) electrons. The second kappa shape index (κ2) is 6.30. The number of anilines is 2. The molecule has 3 aromatic rings. The standard InChI is InChI=1S/C24H21NO/c1-16-14-17(2)23(18(3)15-16)24(26)25-21-10-6-4-8-19(21)12-13-20-9-5-7-11-22(20)25/h4-15H,1-3H3. The number of benzene rings is 3. The lowest BCUT2D eigenvalue weighted by Gasteiger charge is -2.26. The summed E-state index contributed by atoms with van der Waals surface area (Å²) in [6, 6.07) is 20.2. The van der Waals surface area contributed by atoms with Gasteiger partial charge in [-0.15, -0.1) is 0 Å². The maximum Gasteiger partial charge on any atom is 0.263 e. The largest absolute Gasteiger partial charge is 0.276 e. The van der Waals surface area contributed by atoms with Gasteiger partial charge in [-0.3, -0.25) is 9.69 Å². The van der Waals surface area contributed by atoms with E-state index in [1.54, 1.807) is 0 Å². The highest BCUT2D eigenvalue weighted by atomic mass is 16.2. The molecule has 0 aromatic heterocycles. The minimum atomic E-state index is 0.0172. The van der Waals surface area contributed by atoms with Crippen molar-refractivity contribution in [3.8, 4) is 0 Å². The number of carbonyl (C=O) groups is 1. The molecule has 2 heteroatoms. The second-order valence-electron chi connectivity index (χ2n) is 6.87. The molecule has 4 rings (SSSR count). The second-order valence-corrected chi connectivity index (χ2v) is 6.87. The highest BCUT2D eigenvalue weighted by molar-refractivity contribution is 6.15. The van der Waals surface area contributed by atoms with Crippen LogP contribution in [0.1, 0.15) is 38.2 Å². The lowest BCUT2D eigenvalue weighted by molar-refractivity contribution is 0.0998. The van der Waals surface area contributed by atoms with E-state index in [1.807, 2.05) is 67.3 Å². The van der Waals surface area contributed by atoms with Crippen LogP contribution in [0.4, 0.5) is 11.4 Å². The predicted molar refractivity (Wildman–Crippen MR) is 109 cm³/mol. The fourth-order valence-corrected chi connectivity index (χ4v) is 3.82. The Morgan fingerprint density at radius 3 is 1.69 bits per heavy atom. The number of fused-ring (bicyclic) bond motifs is 2. The summed E-state index contributed by atoms with van der Waals surface area (Å²) in [5, 5.41) is 0. The summed E-state index contributed by atoms with van der Waals surface area (Å²) in [5.41, 5.74) is 7.89. The average molecular weight is 339 g/mol. The fraction of sp³-hybridized carbons (Fsp3) is 0.125. The smallest absolute Gasteiger partial charge is 0.263 e. The number of aryl methyl sites for hydroxylation is 3. The van der Waals surface area contributed by atoms with Crippen molar-refractivity contribution in [2.75, 3.05) is 4.90 Å². The Bertz CT molecular complexity index is 973.